The molecule has 0 spiro atoms. The highest BCUT2D eigenvalue weighted by atomic mass is 16.1. The standard InChI is InChI=1S/C21H28N4O/c1-13-7-6-8-25(12-13)19-11-18(22-17(5)23-19)21(26)24-20-15(3)9-14(2)10-16(20)4/h9-11,13H,6-8,12H2,1-5H3,(H,24,26). The quantitative estimate of drug-likeness (QED) is 0.899. The zero-order chi connectivity index (χ0) is 18.8. The minimum absolute atomic E-state index is 0.183. The lowest BCUT2D eigenvalue weighted by molar-refractivity contribution is 0.102. The Morgan fingerprint density at radius 3 is 2.46 bits per heavy atom. The van der Waals surface area contributed by atoms with Crippen molar-refractivity contribution in [3.63, 3.8) is 0 Å². The Balaban J connectivity index is 1.86. The van der Waals surface area contributed by atoms with Gasteiger partial charge in [-0.1, -0.05) is 24.6 Å². The van der Waals surface area contributed by atoms with E-state index in [1.165, 1.54) is 12.0 Å². The predicted molar refractivity (Wildman–Crippen MR) is 106 cm³/mol. The van der Waals surface area contributed by atoms with Gasteiger partial charge in [0.25, 0.3) is 5.91 Å². The Hall–Kier alpha value is -2.43. The maximum absolute atomic E-state index is 12.8. The molecule has 5 heteroatoms. The number of nitrogens with one attached hydrogen (secondary N) is 1. The Morgan fingerprint density at radius 1 is 1.12 bits per heavy atom. The van der Waals surface area contributed by atoms with Gasteiger partial charge in [-0.25, -0.2) is 9.97 Å². The Kier molecular flexibility index (Phi) is 5.25. The molecule has 138 valence electrons. The summed E-state index contributed by atoms with van der Waals surface area (Å²) in [4.78, 5) is 24.0. The number of aromatic nitrogens is 2. The minimum atomic E-state index is -0.183. The maximum Gasteiger partial charge on any atom is 0.274 e. The molecule has 26 heavy (non-hydrogen) atoms. The fourth-order valence-corrected chi connectivity index (χ4v) is 3.78. The number of carbonyl (C=O) groups excluding carboxylic acids is 1. The fraction of sp³-hybridized carbons (Fsp3) is 0.476. The number of benzene rings is 1. The lowest BCUT2D eigenvalue weighted by Crippen LogP contribution is -2.35. The third kappa shape index (κ3) is 4.03. The van der Waals surface area contributed by atoms with Crippen LogP contribution in [-0.2, 0) is 0 Å². The summed E-state index contributed by atoms with van der Waals surface area (Å²) in [6.07, 6.45) is 2.41. The molecule has 1 N–H and O–H groups in total. The molecule has 1 aromatic carbocycles. The summed E-state index contributed by atoms with van der Waals surface area (Å²) in [6.45, 7) is 12.2. The summed E-state index contributed by atoms with van der Waals surface area (Å²) < 4.78 is 0. The van der Waals surface area contributed by atoms with E-state index in [-0.39, 0.29) is 5.91 Å². The number of amides is 1. The summed E-state index contributed by atoms with van der Waals surface area (Å²) in [5.74, 6) is 1.95. The average molecular weight is 352 g/mol. The Morgan fingerprint density at radius 2 is 1.81 bits per heavy atom. The lowest BCUT2D eigenvalue weighted by atomic mass is 10.0. The van der Waals surface area contributed by atoms with E-state index in [9.17, 15) is 4.79 Å². The molecule has 2 aromatic rings. The van der Waals surface area contributed by atoms with Gasteiger partial charge >= 0.3 is 0 Å². The molecule has 1 fully saturated rings. The van der Waals surface area contributed by atoms with Gasteiger partial charge in [-0.2, -0.15) is 0 Å². The molecular weight excluding hydrogens is 324 g/mol. The molecule has 2 heterocycles. The van der Waals surface area contributed by atoms with E-state index in [0.29, 0.717) is 17.4 Å². The second-order valence-corrected chi connectivity index (χ2v) is 7.58. The summed E-state index contributed by atoms with van der Waals surface area (Å²) in [5, 5.41) is 3.04. The largest absolute Gasteiger partial charge is 0.356 e. The monoisotopic (exact) mass is 352 g/mol. The number of piperidine rings is 1. The molecule has 0 radical (unpaired) electrons. The van der Waals surface area contributed by atoms with Gasteiger partial charge < -0.3 is 10.2 Å². The van der Waals surface area contributed by atoms with Crippen LogP contribution in [0.2, 0.25) is 0 Å². The normalized spacial score (nSPS) is 17.3. The van der Waals surface area contributed by atoms with E-state index in [1.54, 1.807) is 0 Å². The van der Waals surface area contributed by atoms with E-state index in [4.69, 9.17) is 0 Å². The van der Waals surface area contributed by atoms with Crippen molar-refractivity contribution < 1.29 is 4.79 Å². The van der Waals surface area contributed by atoms with E-state index in [1.807, 2.05) is 26.8 Å². The predicted octanol–water partition coefficient (Wildman–Crippen LogP) is 4.20. The first kappa shape index (κ1) is 18.4. The van der Waals surface area contributed by atoms with Crippen LogP contribution in [0.1, 0.15) is 52.8 Å². The maximum atomic E-state index is 12.8. The Labute approximate surface area is 155 Å². The van der Waals surface area contributed by atoms with Crippen molar-refractivity contribution >= 4 is 17.4 Å². The van der Waals surface area contributed by atoms with Crippen LogP contribution in [0.4, 0.5) is 11.5 Å². The third-order valence-electron chi connectivity index (χ3n) is 4.95. The topological polar surface area (TPSA) is 58.1 Å². The number of hydrogen-bond donors (Lipinski definition) is 1. The van der Waals surface area contributed by atoms with Crippen LogP contribution in [0.5, 0.6) is 0 Å². The van der Waals surface area contributed by atoms with E-state index in [2.05, 4.69) is 46.2 Å². The SMILES string of the molecule is Cc1cc(C)c(NC(=O)c2cc(N3CCCC(C)C3)nc(C)n2)c(C)c1. The fourth-order valence-electron chi connectivity index (χ4n) is 3.78. The highest BCUT2D eigenvalue weighted by Gasteiger charge is 2.20. The molecule has 0 saturated carbocycles. The molecule has 1 amide bonds. The van der Waals surface area contributed by atoms with Gasteiger partial charge in [0.05, 0.1) is 0 Å². The van der Waals surface area contributed by atoms with Crippen LogP contribution in [0, 0.1) is 33.6 Å². The van der Waals surface area contributed by atoms with Gasteiger partial charge in [0.1, 0.15) is 17.3 Å². The number of anilines is 2. The first-order valence-electron chi connectivity index (χ1n) is 9.33. The van der Waals surface area contributed by atoms with Crippen molar-refractivity contribution in [2.75, 3.05) is 23.3 Å². The van der Waals surface area contributed by atoms with Gasteiger partial charge in [0.2, 0.25) is 0 Å². The molecular formula is C21H28N4O. The van der Waals surface area contributed by atoms with E-state index < -0.39 is 0 Å². The third-order valence-corrected chi connectivity index (χ3v) is 4.95. The summed E-state index contributed by atoms with van der Waals surface area (Å²) in [5.41, 5.74) is 4.60. The summed E-state index contributed by atoms with van der Waals surface area (Å²) >= 11 is 0. The molecule has 3 rings (SSSR count). The van der Waals surface area contributed by atoms with Crippen molar-refractivity contribution in [3.05, 3.63) is 46.4 Å². The first-order valence-corrected chi connectivity index (χ1v) is 9.33. The molecule has 1 aliphatic rings. The Bertz CT molecular complexity index is 808. The second kappa shape index (κ2) is 7.44. The molecule has 1 aromatic heterocycles. The number of nitrogens with zero attached hydrogens (tertiary/aromatic N) is 3. The van der Waals surface area contributed by atoms with E-state index >= 15 is 0 Å². The van der Waals surface area contributed by atoms with Crippen LogP contribution < -0.4 is 10.2 Å². The zero-order valence-corrected chi connectivity index (χ0v) is 16.4. The van der Waals surface area contributed by atoms with Gasteiger partial charge in [-0.05, 0) is 57.6 Å². The molecule has 1 unspecified atom stereocenters. The van der Waals surface area contributed by atoms with Crippen LogP contribution in [0.25, 0.3) is 0 Å². The number of aryl methyl sites for hydroxylation is 4. The van der Waals surface area contributed by atoms with Crippen molar-refractivity contribution in [1.82, 2.24) is 9.97 Å². The van der Waals surface area contributed by atoms with Crippen molar-refractivity contribution in [2.24, 2.45) is 5.92 Å². The van der Waals surface area contributed by atoms with Crippen LogP contribution in [-0.4, -0.2) is 29.0 Å². The first-order chi connectivity index (χ1) is 12.3. The van der Waals surface area contributed by atoms with Gasteiger partial charge in [0, 0.05) is 24.8 Å². The number of carbonyl (C=O) groups is 1. The number of hydrogen-bond acceptors (Lipinski definition) is 4. The molecule has 1 atom stereocenters. The number of rotatable bonds is 3. The molecule has 5 nitrogen and oxygen atoms in total. The molecule has 1 saturated heterocycles. The highest BCUT2D eigenvalue weighted by Crippen LogP contribution is 2.24. The summed E-state index contributed by atoms with van der Waals surface area (Å²) in [6, 6.07) is 5.97. The van der Waals surface area contributed by atoms with Crippen molar-refractivity contribution in [2.45, 2.75) is 47.5 Å². The minimum Gasteiger partial charge on any atom is -0.356 e. The van der Waals surface area contributed by atoms with Crippen molar-refractivity contribution in [1.29, 1.82) is 0 Å². The zero-order valence-electron chi connectivity index (χ0n) is 16.4. The van der Waals surface area contributed by atoms with Crippen LogP contribution >= 0.6 is 0 Å². The van der Waals surface area contributed by atoms with Gasteiger partial charge in [-0.3, -0.25) is 4.79 Å². The molecule has 0 bridgehead atoms. The summed E-state index contributed by atoms with van der Waals surface area (Å²) in [7, 11) is 0. The highest BCUT2D eigenvalue weighted by molar-refractivity contribution is 6.04. The van der Waals surface area contributed by atoms with E-state index in [0.717, 1.165) is 42.1 Å². The molecule has 0 aliphatic carbocycles. The van der Waals surface area contributed by atoms with Gasteiger partial charge in [-0.15, -0.1) is 0 Å². The van der Waals surface area contributed by atoms with Crippen molar-refractivity contribution in [3.8, 4) is 0 Å². The molecule has 1 aliphatic heterocycles. The van der Waals surface area contributed by atoms with Crippen LogP contribution in [0.3, 0.4) is 0 Å². The average Bonchev–Trinajstić information content (AvgIpc) is 2.57. The smallest absolute Gasteiger partial charge is 0.274 e. The van der Waals surface area contributed by atoms with Crippen LogP contribution in [0.15, 0.2) is 18.2 Å². The second-order valence-electron chi connectivity index (χ2n) is 7.58. The lowest BCUT2D eigenvalue weighted by Gasteiger charge is -2.32. The van der Waals surface area contributed by atoms with Gasteiger partial charge in [0.15, 0.2) is 0 Å².